The molecule has 15 heavy (non-hydrogen) atoms. The van der Waals surface area contributed by atoms with E-state index in [0.717, 1.165) is 12.8 Å². The number of carbonyl (C=O) groups excluding carboxylic acids is 1. The summed E-state index contributed by atoms with van der Waals surface area (Å²) in [6, 6.07) is 10.2. The molecule has 0 bridgehead atoms. The quantitative estimate of drug-likeness (QED) is 0.544. The van der Waals surface area contributed by atoms with Crippen LogP contribution in [0.4, 0.5) is 0 Å². The Kier molecular flexibility index (Phi) is 4.61. The fraction of sp³-hybridized carbons (Fsp3) is 0.308. The van der Waals surface area contributed by atoms with Crippen molar-refractivity contribution >= 4 is 5.97 Å². The third-order valence-corrected chi connectivity index (χ3v) is 2.26. The second-order valence-electron chi connectivity index (χ2n) is 3.43. The van der Waals surface area contributed by atoms with E-state index in [0.29, 0.717) is 12.0 Å². The number of aryl methyl sites for hydroxylation is 1. The maximum Gasteiger partial charge on any atom is 0.333 e. The summed E-state index contributed by atoms with van der Waals surface area (Å²) in [6.07, 6.45) is 2.59. The minimum Gasteiger partial charge on any atom is -0.466 e. The minimum absolute atomic E-state index is 0.303. The van der Waals surface area contributed by atoms with Crippen LogP contribution in [0, 0.1) is 0 Å². The molecule has 0 N–H and O–H groups in total. The van der Waals surface area contributed by atoms with E-state index in [1.54, 1.807) is 0 Å². The van der Waals surface area contributed by atoms with Gasteiger partial charge in [-0.3, -0.25) is 0 Å². The van der Waals surface area contributed by atoms with Crippen molar-refractivity contribution < 1.29 is 9.53 Å². The highest BCUT2D eigenvalue weighted by Gasteiger charge is 2.05. The lowest BCUT2D eigenvalue weighted by atomic mass is 10.1. The average molecular weight is 204 g/mol. The molecule has 0 heterocycles. The zero-order valence-electron chi connectivity index (χ0n) is 9.03. The van der Waals surface area contributed by atoms with E-state index < -0.39 is 0 Å². The van der Waals surface area contributed by atoms with Gasteiger partial charge in [0.25, 0.3) is 0 Å². The third-order valence-electron chi connectivity index (χ3n) is 2.26. The molecular weight excluding hydrogens is 188 g/mol. The number of hydrogen-bond donors (Lipinski definition) is 0. The Balaban J connectivity index is 2.28. The molecule has 0 amide bonds. The number of methoxy groups -OCH3 is 1. The molecular formula is C13H16O2. The molecule has 0 aliphatic heterocycles. The average Bonchev–Trinajstić information content (AvgIpc) is 2.29. The van der Waals surface area contributed by atoms with Gasteiger partial charge in [0.2, 0.25) is 0 Å². The Morgan fingerprint density at radius 1 is 1.33 bits per heavy atom. The Hall–Kier alpha value is -1.57. The molecule has 0 fully saturated rings. The maximum atomic E-state index is 11.0. The molecule has 0 aliphatic rings. The van der Waals surface area contributed by atoms with Crippen molar-refractivity contribution in [2.75, 3.05) is 7.11 Å². The summed E-state index contributed by atoms with van der Waals surface area (Å²) in [6.45, 7) is 3.68. The lowest BCUT2D eigenvalue weighted by Gasteiger charge is -2.03. The normalized spacial score (nSPS) is 9.67. The second-order valence-corrected chi connectivity index (χ2v) is 3.43. The van der Waals surface area contributed by atoms with Crippen molar-refractivity contribution in [2.45, 2.75) is 19.3 Å². The largest absolute Gasteiger partial charge is 0.466 e. The first-order valence-corrected chi connectivity index (χ1v) is 5.04. The van der Waals surface area contributed by atoms with Crippen LogP contribution in [-0.2, 0) is 16.0 Å². The monoisotopic (exact) mass is 204 g/mol. The van der Waals surface area contributed by atoms with Gasteiger partial charge in [-0.1, -0.05) is 36.9 Å². The van der Waals surface area contributed by atoms with Crippen LogP contribution >= 0.6 is 0 Å². The highest BCUT2D eigenvalue weighted by Crippen LogP contribution is 2.09. The summed E-state index contributed by atoms with van der Waals surface area (Å²) < 4.78 is 4.58. The summed E-state index contributed by atoms with van der Waals surface area (Å²) >= 11 is 0. The maximum absolute atomic E-state index is 11.0. The van der Waals surface area contributed by atoms with Gasteiger partial charge >= 0.3 is 5.97 Å². The molecule has 2 nitrogen and oxygen atoms in total. The van der Waals surface area contributed by atoms with E-state index in [1.165, 1.54) is 12.7 Å². The predicted molar refractivity (Wildman–Crippen MR) is 60.5 cm³/mol. The van der Waals surface area contributed by atoms with Gasteiger partial charge in [-0.05, 0) is 24.8 Å². The molecule has 2 heteroatoms. The molecule has 0 aromatic heterocycles. The van der Waals surface area contributed by atoms with Gasteiger partial charge in [0.1, 0.15) is 0 Å². The van der Waals surface area contributed by atoms with Gasteiger partial charge in [-0.25, -0.2) is 4.79 Å². The molecule has 1 aromatic carbocycles. The molecule has 80 valence electrons. The van der Waals surface area contributed by atoms with Gasteiger partial charge in [0.15, 0.2) is 0 Å². The van der Waals surface area contributed by atoms with E-state index >= 15 is 0 Å². The van der Waals surface area contributed by atoms with Gasteiger partial charge < -0.3 is 4.74 Å². The number of rotatable bonds is 5. The van der Waals surface area contributed by atoms with E-state index in [9.17, 15) is 4.79 Å². The van der Waals surface area contributed by atoms with Crippen LogP contribution in [0.2, 0.25) is 0 Å². The van der Waals surface area contributed by atoms with E-state index in [1.807, 2.05) is 18.2 Å². The van der Waals surface area contributed by atoms with Crippen molar-refractivity contribution in [3.63, 3.8) is 0 Å². The van der Waals surface area contributed by atoms with Crippen LogP contribution in [0.1, 0.15) is 18.4 Å². The summed E-state index contributed by atoms with van der Waals surface area (Å²) in [4.78, 5) is 11.0. The van der Waals surface area contributed by atoms with E-state index in [2.05, 4.69) is 23.4 Å². The predicted octanol–water partition coefficient (Wildman–Crippen LogP) is 2.74. The first kappa shape index (κ1) is 11.5. The molecule has 0 aliphatic carbocycles. The fourth-order valence-electron chi connectivity index (χ4n) is 1.40. The Labute approximate surface area is 90.6 Å². The standard InChI is InChI=1S/C13H16O2/c1-11(13(14)15-2)7-6-10-12-8-4-3-5-9-12/h3-5,8-9H,1,6-7,10H2,2H3. The van der Waals surface area contributed by atoms with E-state index in [4.69, 9.17) is 0 Å². The van der Waals surface area contributed by atoms with Gasteiger partial charge in [-0.15, -0.1) is 0 Å². The highest BCUT2D eigenvalue weighted by molar-refractivity contribution is 5.87. The van der Waals surface area contributed by atoms with Crippen LogP contribution in [0.15, 0.2) is 42.5 Å². The van der Waals surface area contributed by atoms with Crippen LogP contribution in [-0.4, -0.2) is 13.1 Å². The van der Waals surface area contributed by atoms with Gasteiger partial charge in [0, 0.05) is 5.57 Å². The molecule has 0 saturated heterocycles. The number of ether oxygens (including phenoxy) is 1. The highest BCUT2D eigenvalue weighted by atomic mass is 16.5. The summed E-state index contributed by atoms with van der Waals surface area (Å²) in [5.74, 6) is -0.303. The van der Waals surface area contributed by atoms with Crippen molar-refractivity contribution in [1.29, 1.82) is 0 Å². The zero-order chi connectivity index (χ0) is 11.1. The molecule has 0 unspecified atom stereocenters. The van der Waals surface area contributed by atoms with Crippen LogP contribution in [0.3, 0.4) is 0 Å². The van der Waals surface area contributed by atoms with E-state index in [-0.39, 0.29) is 5.97 Å². The first-order valence-electron chi connectivity index (χ1n) is 5.04. The van der Waals surface area contributed by atoms with Gasteiger partial charge in [-0.2, -0.15) is 0 Å². The number of hydrogen-bond acceptors (Lipinski definition) is 2. The van der Waals surface area contributed by atoms with Crippen molar-refractivity contribution in [1.82, 2.24) is 0 Å². The lowest BCUT2D eigenvalue weighted by Crippen LogP contribution is -2.03. The SMILES string of the molecule is C=C(CCCc1ccccc1)C(=O)OC. The molecule has 0 radical (unpaired) electrons. The number of carbonyl (C=O) groups is 1. The Bertz CT molecular complexity index is 328. The molecule has 1 rings (SSSR count). The van der Waals surface area contributed by atoms with Crippen molar-refractivity contribution in [2.24, 2.45) is 0 Å². The summed E-state index contributed by atoms with van der Waals surface area (Å²) in [5.41, 5.74) is 1.84. The topological polar surface area (TPSA) is 26.3 Å². The third kappa shape index (κ3) is 3.98. The molecule has 0 atom stereocenters. The zero-order valence-corrected chi connectivity index (χ0v) is 9.03. The Morgan fingerprint density at radius 3 is 2.60 bits per heavy atom. The minimum atomic E-state index is -0.303. The van der Waals surface area contributed by atoms with Gasteiger partial charge in [0.05, 0.1) is 7.11 Å². The second kappa shape index (κ2) is 6.02. The van der Waals surface area contributed by atoms with Crippen LogP contribution < -0.4 is 0 Å². The molecule has 0 saturated carbocycles. The molecule has 0 spiro atoms. The lowest BCUT2D eigenvalue weighted by molar-refractivity contribution is -0.136. The number of esters is 1. The van der Waals surface area contributed by atoms with Crippen LogP contribution in [0.25, 0.3) is 0 Å². The van der Waals surface area contributed by atoms with Crippen molar-refractivity contribution in [3.8, 4) is 0 Å². The molecule has 1 aromatic rings. The summed E-state index contributed by atoms with van der Waals surface area (Å²) in [5, 5.41) is 0. The summed E-state index contributed by atoms with van der Waals surface area (Å²) in [7, 11) is 1.38. The Morgan fingerprint density at radius 2 is 2.00 bits per heavy atom. The number of benzene rings is 1. The van der Waals surface area contributed by atoms with Crippen LogP contribution in [0.5, 0.6) is 0 Å². The fourth-order valence-corrected chi connectivity index (χ4v) is 1.40. The van der Waals surface area contributed by atoms with Crippen molar-refractivity contribution in [3.05, 3.63) is 48.0 Å². The smallest absolute Gasteiger partial charge is 0.333 e. The first-order chi connectivity index (χ1) is 7.24.